The fourth-order valence-electron chi connectivity index (χ4n) is 1.42. The normalized spacial score (nSPS) is 15.2. The molecule has 1 heterocycles. The topological polar surface area (TPSA) is 60.9 Å². The third-order valence-corrected chi connectivity index (χ3v) is 2.95. The molecule has 90 valence electrons. The fraction of sp³-hybridized carbons (Fsp3) is 0.636. The Morgan fingerprint density at radius 3 is 2.44 bits per heavy atom. The highest BCUT2D eigenvalue weighted by molar-refractivity contribution is 6.33. The molecule has 0 bridgehead atoms. The van der Waals surface area contributed by atoms with Crippen LogP contribution in [-0.4, -0.2) is 21.6 Å². The number of Topliss-reactive ketones (excluding diaryl/α,β-unsaturated/α-hetero) is 1. The first-order chi connectivity index (χ1) is 7.36. The highest BCUT2D eigenvalue weighted by Gasteiger charge is 2.25. The number of hydrogen-bond acceptors (Lipinski definition) is 3. The molecule has 0 aliphatic heterocycles. The van der Waals surface area contributed by atoms with Gasteiger partial charge in [-0.05, 0) is 20.8 Å². The molecule has 0 amide bonds. The molecule has 0 saturated carbocycles. The molecule has 5 heteroatoms. The smallest absolute Gasteiger partial charge is 0.186 e. The maximum atomic E-state index is 12.2. The summed E-state index contributed by atoms with van der Waals surface area (Å²) in [6.07, 6.45) is 1.50. The van der Waals surface area contributed by atoms with Crippen LogP contribution in [-0.2, 0) is 0 Å². The van der Waals surface area contributed by atoms with Crippen LogP contribution in [0.25, 0.3) is 0 Å². The molecular weight excluding hydrogens is 226 g/mol. The van der Waals surface area contributed by atoms with Gasteiger partial charge in [-0.1, -0.05) is 18.5 Å². The van der Waals surface area contributed by atoms with Gasteiger partial charge < -0.3 is 5.73 Å². The number of aromatic nitrogens is 2. The van der Waals surface area contributed by atoms with Crippen molar-refractivity contribution in [3.05, 3.63) is 16.9 Å². The predicted molar refractivity (Wildman–Crippen MR) is 64.8 cm³/mol. The Morgan fingerprint density at radius 2 is 2.00 bits per heavy atom. The second kappa shape index (κ2) is 4.97. The molecule has 1 rings (SSSR count). The van der Waals surface area contributed by atoms with Crippen LogP contribution in [0.1, 0.15) is 44.2 Å². The van der Waals surface area contributed by atoms with E-state index in [4.69, 9.17) is 17.3 Å². The lowest BCUT2D eigenvalue weighted by atomic mass is 9.97. The van der Waals surface area contributed by atoms with Gasteiger partial charge in [0.25, 0.3) is 0 Å². The third kappa shape index (κ3) is 2.44. The minimum absolute atomic E-state index is 0.0498. The number of carbonyl (C=O) groups is 1. The van der Waals surface area contributed by atoms with Crippen LogP contribution in [0.2, 0.25) is 5.02 Å². The van der Waals surface area contributed by atoms with Crippen LogP contribution >= 0.6 is 11.6 Å². The average molecular weight is 244 g/mol. The van der Waals surface area contributed by atoms with Crippen molar-refractivity contribution >= 4 is 17.4 Å². The summed E-state index contributed by atoms with van der Waals surface area (Å²) < 4.78 is 1.64. The lowest BCUT2D eigenvalue weighted by molar-refractivity contribution is 0.0904. The highest BCUT2D eigenvalue weighted by atomic mass is 35.5. The molecule has 2 N–H and O–H groups in total. The number of hydrogen-bond donors (Lipinski definition) is 1. The zero-order valence-corrected chi connectivity index (χ0v) is 10.8. The summed E-state index contributed by atoms with van der Waals surface area (Å²) >= 11 is 5.99. The maximum absolute atomic E-state index is 12.2. The summed E-state index contributed by atoms with van der Waals surface area (Å²) in [5.74, 6) is -0.307. The van der Waals surface area contributed by atoms with E-state index in [-0.39, 0.29) is 23.8 Å². The zero-order chi connectivity index (χ0) is 12.5. The Balaban J connectivity index is 3.12. The molecule has 0 fully saturated rings. The maximum Gasteiger partial charge on any atom is 0.186 e. The van der Waals surface area contributed by atoms with E-state index in [0.717, 1.165) is 0 Å². The molecule has 0 aromatic carbocycles. The van der Waals surface area contributed by atoms with Crippen molar-refractivity contribution in [2.45, 2.75) is 39.8 Å². The third-order valence-electron chi connectivity index (χ3n) is 2.68. The van der Waals surface area contributed by atoms with Crippen LogP contribution in [0.4, 0.5) is 0 Å². The first-order valence-electron chi connectivity index (χ1n) is 5.39. The fourth-order valence-corrected chi connectivity index (χ4v) is 1.64. The SMILES string of the molecule is CC(N)C(C)C(=O)c1c(Cl)cnn1C(C)C. The molecule has 0 radical (unpaired) electrons. The molecular formula is C11H18ClN3O. The monoisotopic (exact) mass is 243 g/mol. The predicted octanol–water partition coefficient (Wildman–Crippen LogP) is 2.28. The Hall–Kier alpha value is -0.870. The highest BCUT2D eigenvalue weighted by Crippen LogP contribution is 2.22. The Kier molecular flexibility index (Phi) is 4.10. The van der Waals surface area contributed by atoms with E-state index in [1.165, 1.54) is 6.20 Å². The molecule has 4 nitrogen and oxygen atoms in total. The molecule has 0 aliphatic rings. The van der Waals surface area contributed by atoms with E-state index in [2.05, 4.69) is 5.10 Å². The minimum atomic E-state index is -0.258. The van der Waals surface area contributed by atoms with Crippen LogP contribution in [0.15, 0.2) is 6.20 Å². The number of ketones is 1. The summed E-state index contributed by atoms with van der Waals surface area (Å²) in [6, 6.07) is -0.0918. The van der Waals surface area contributed by atoms with E-state index in [1.54, 1.807) is 11.6 Å². The number of carbonyl (C=O) groups excluding carboxylic acids is 1. The lowest BCUT2D eigenvalue weighted by Gasteiger charge is -2.17. The van der Waals surface area contributed by atoms with Crippen molar-refractivity contribution in [2.75, 3.05) is 0 Å². The van der Waals surface area contributed by atoms with E-state index < -0.39 is 0 Å². The van der Waals surface area contributed by atoms with Gasteiger partial charge in [0, 0.05) is 18.0 Å². The summed E-state index contributed by atoms with van der Waals surface area (Å²) in [7, 11) is 0. The van der Waals surface area contributed by atoms with Crippen molar-refractivity contribution in [1.82, 2.24) is 9.78 Å². The van der Waals surface area contributed by atoms with Gasteiger partial charge in [0.05, 0.1) is 11.2 Å². The van der Waals surface area contributed by atoms with Crippen molar-refractivity contribution in [3.63, 3.8) is 0 Å². The van der Waals surface area contributed by atoms with Gasteiger partial charge >= 0.3 is 0 Å². The van der Waals surface area contributed by atoms with Crippen molar-refractivity contribution in [3.8, 4) is 0 Å². The van der Waals surface area contributed by atoms with Crippen LogP contribution in [0.5, 0.6) is 0 Å². The molecule has 16 heavy (non-hydrogen) atoms. The Morgan fingerprint density at radius 1 is 1.44 bits per heavy atom. The van der Waals surface area contributed by atoms with Gasteiger partial charge in [-0.15, -0.1) is 0 Å². The van der Waals surface area contributed by atoms with Crippen molar-refractivity contribution in [2.24, 2.45) is 11.7 Å². The second-order valence-electron chi connectivity index (χ2n) is 4.39. The zero-order valence-electron chi connectivity index (χ0n) is 10.1. The molecule has 1 aromatic heterocycles. The van der Waals surface area contributed by atoms with Crippen molar-refractivity contribution in [1.29, 1.82) is 0 Å². The molecule has 2 atom stereocenters. The average Bonchev–Trinajstić information content (AvgIpc) is 2.57. The van der Waals surface area contributed by atoms with Gasteiger partial charge in [0.15, 0.2) is 5.78 Å². The van der Waals surface area contributed by atoms with Gasteiger partial charge in [-0.2, -0.15) is 5.10 Å². The largest absolute Gasteiger partial charge is 0.327 e. The first kappa shape index (κ1) is 13.2. The number of halogens is 1. The van der Waals surface area contributed by atoms with Crippen LogP contribution in [0.3, 0.4) is 0 Å². The van der Waals surface area contributed by atoms with Gasteiger partial charge in [-0.3, -0.25) is 9.48 Å². The summed E-state index contributed by atoms with van der Waals surface area (Å²) in [4.78, 5) is 12.2. The molecule has 0 spiro atoms. The van der Waals surface area contributed by atoms with Gasteiger partial charge in [0.2, 0.25) is 0 Å². The number of rotatable bonds is 4. The summed E-state index contributed by atoms with van der Waals surface area (Å²) in [5, 5.41) is 4.50. The quantitative estimate of drug-likeness (QED) is 0.826. The minimum Gasteiger partial charge on any atom is -0.327 e. The first-order valence-corrected chi connectivity index (χ1v) is 5.76. The molecule has 1 aromatic rings. The standard InChI is InChI=1S/C11H18ClN3O/c1-6(2)15-10(9(12)5-14-15)11(16)7(3)8(4)13/h5-8H,13H2,1-4H3. The van der Waals surface area contributed by atoms with E-state index in [9.17, 15) is 4.79 Å². The Labute approximate surface area is 101 Å². The summed E-state index contributed by atoms with van der Waals surface area (Å²) in [5.41, 5.74) is 6.19. The number of nitrogens with zero attached hydrogens (tertiary/aromatic N) is 2. The molecule has 0 saturated heterocycles. The lowest BCUT2D eigenvalue weighted by Crippen LogP contribution is -2.32. The van der Waals surface area contributed by atoms with Gasteiger partial charge in [-0.25, -0.2) is 0 Å². The second-order valence-corrected chi connectivity index (χ2v) is 4.80. The van der Waals surface area contributed by atoms with E-state index in [0.29, 0.717) is 10.7 Å². The van der Waals surface area contributed by atoms with Crippen LogP contribution < -0.4 is 5.73 Å². The summed E-state index contributed by atoms with van der Waals surface area (Å²) in [6.45, 7) is 7.53. The van der Waals surface area contributed by atoms with E-state index in [1.807, 2.05) is 20.8 Å². The number of nitrogens with two attached hydrogens (primary N) is 1. The molecule has 0 aliphatic carbocycles. The van der Waals surface area contributed by atoms with E-state index >= 15 is 0 Å². The van der Waals surface area contributed by atoms with Gasteiger partial charge in [0.1, 0.15) is 5.69 Å². The van der Waals surface area contributed by atoms with Crippen molar-refractivity contribution < 1.29 is 4.79 Å². The Bertz CT molecular complexity index is 385. The molecule has 2 unspecified atom stereocenters. The van der Waals surface area contributed by atoms with Crippen LogP contribution in [0, 0.1) is 5.92 Å².